The summed E-state index contributed by atoms with van der Waals surface area (Å²) in [5, 5.41) is 11.9. The van der Waals surface area contributed by atoms with Gasteiger partial charge in [0, 0.05) is 7.11 Å². The Morgan fingerprint density at radius 3 is 2.56 bits per heavy atom. The number of amides is 1. The minimum Gasteiger partial charge on any atom is -0.394 e. The Labute approximate surface area is 108 Å². The fourth-order valence-corrected chi connectivity index (χ4v) is 1.90. The summed E-state index contributed by atoms with van der Waals surface area (Å²) >= 11 is 0. The first-order valence-corrected chi connectivity index (χ1v) is 6.18. The van der Waals surface area contributed by atoms with E-state index in [0.29, 0.717) is 6.61 Å². The molecule has 1 aromatic carbocycles. The first-order valence-electron chi connectivity index (χ1n) is 6.18. The highest BCUT2D eigenvalue weighted by Gasteiger charge is 2.21. The number of aliphatic hydroxyl groups excluding tert-OH is 1. The van der Waals surface area contributed by atoms with Gasteiger partial charge in [-0.15, -0.1) is 0 Å². The molecule has 1 aromatic rings. The lowest BCUT2D eigenvalue weighted by molar-refractivity contribution is -0.124. The van der Waals surface area contributed by atoms with E-state index in [4.69, 9.17) is 9.84 Å². The summed E-state index contributed by atoms with van der Waals surface area (Å²) in [5.74, 6) is -0.253. The van der Waals surface area contributed by atoms with Crippen molar-refractivity contribution in [2.24, 2.45) is 0 Å². The van der Waals surface area contributed by atoms with Gasteiger partial charge in [0.25, 0.3) is 0 Å². The zero-order valence-electron chi connectivity index (χ0n) is 10.9. The lowest BCUT2D eigenvalue weighted by Crippen LogP contribution is -2.42. The molecule has 0 radical (unpaired) electrons. The van der Waals surface area contributed by atoms with E-state index in [1.54, 1.807) is 7.11 Å². The van der Waals surface area contributed by atoms with Crippen molar-refractivity contribution in [1.82, 2.24) is 5.32 Å². The summed E-state index contributed by atoms with van der Waals surface area (Å²) in [6, 6.07) is 9.31. The number of hydrogen-bond donors (Lipinski definition) is 2. The SMILES string of the molecule is CCC(C(=O)NC(CO)COC)c1ccccc1. The number of methoxy groups -OCH3 is 1. The van der Waals surface area contributed by atoms with Crippen molar-refractivity contribution in [3.63, 3.8) is 0 Å². The van der Waals surface area contributed by atoms with Gasteiger partial charge in [-0.3, -0.25) is 4.79 Å². The van der Waals surface area contributed by atoms with Crippen LogP contribution in [0.3, 0.4) is 0 Å². The van der Waals surface area contributed by atoms with Crippen LogP contribution in [-0.4, -0.2) is 37.4 Å². The van der Waals surface area contributed by atoms with E-state index >= 15 is 0 Å². The first kappa shape index (κ1) is 14.7. The van der Waals surface area contributed by atoms with E-state index in [1.165, 1.54) is 0 Å². The molecule has 2 N–H and O–H groups in total. The van der Waals surface area contributed by atoms with Crippen molar-refractivity contribution >= 4 is 5.91 Å². The molecule has 1 rings (SSSR count). The van der Waals surface area contributed by atoms with E-state index in [-0.39, 0.29) is 24.5 Å². The second kappa shape index (κ2) is 7.84. The number of carbonyl (C=O) groups is 1. The molecule has 1 amide bonds. The molecule has 0 aliphatic carbocycles. The van der Waals surface area contributed by atoms with Gasteiger partial charge in [-0.05, 0) is 12.0 Å². The maximum absolute atomic E-state index is 12.1. The van der Waals surface area contributed by atoms with Gasteiger partial charge in [-0.2, -0.15) is 0 Å². The standard InChI is InChI=1S/C14H21NO3/c1-3-13(11-7-5-4-6-8-11)14(17)15-12(9-16)10-18-2/h4-8,12-13,16H,3,9-10H2,1-2H3,(H,15,17). The van der Waals surface area contributed by atoms with Gasteiger partial charge in [0.05, 0.1) is 25.2 Å². The number of rotatable bonds is 7. The van der Waals surface area contributed by atoms with Crippen molar-refractivity contribution in [3.8, 4) is 0 Å². The van der Waals surface area contributed by atoms with Crippen LogP contribution in [0.4, 0.5) is 0 Å². The quantitative estimate of drug-likeness (QED) is 0.768. The molecule has 0 aliphatic rings. The average Bonchev–Trinajstić information content (AvgIpc) is 2.40. The van der Waals surface area contributed by atoms with Crippen LogP contribution in [0.25, 0.3) is 0 Å². The summed E-state index contributed by atoms with van der Waals surface area (Å²) in [7, 11) is 1.54. The predicted molar refractivity (Wildman–Crippen MR) is 70.4 cm³/mol. The van der Waals surface area contributed by atoms with E-state index in [9.17, 15) is 4.79 Å². The van der Waals surface area contributed by atoms with Gasteiger partial charge in [-0.1, -0.05) is 37.3 Å². The third-order valence-electron chi connectivity index (χ3n) is 2.86. The van der Waals surface area contributed by atoms with Crippen LogP contribution in [0.5, 0.6) is 0 Å². The maximum atomic E-state index is 12.1. The minimum absolute atomic E-state index is 0.0696. The second-order valence-corrected chi connectivity index (χ2v) is 4.21. The average molecular weight is 251 g/mol. The third-order valence-corrected chi connectivity index (χ3v) is 2.86. The van der Waals surface area contributed by atoms with Crippen molar-refractivity contribution < 1.29 is 14.6 Å². The zero-order valence-corrected chi connectivity index (χ0v) is 10.9. The maximum Gasteiger partial charge on any atom is 0.227 e. The fraction of sp³-hybridized carbons (Fsp3) is 0.500. The molecule has 0 heterocycles. The Kier molecular flexibility index (Phi) is 6.39. The van der Waals surface area contributed by atoms with Gasteiger partial charge in [0.2, 0.25) is 5.91 Å². The van der Waals surface area contributed by atoms with Gasteiger partial charge in [-0.25, -0.2) is 0 Å². The van der Waals surface area contributed by atoms with Crippen molar-refractivity contribution in [3.05, 3.63) is 35.9 Å². The monoisotopic (exact) mass is 251 g/mol. The van der Waals surface area contributed by atoms with E-state index in [2.05, 4.69) is 5.32 Å². The highest BCUT2D eigenvalue weighted by Crippen LogP contribution is 2.19. The number of benzene rings is 1. The second-order valence-electron chi connectivity index (χ2n) is 4.21. The number of ether oxygens (including phenoxy) is 1. The largest absolute Gasteiger partial charge is 0.394 e. The van der Waals surface area contributed by atoms with Crippen molar-refractivity contribution in [2.45, 2.75) is 25.3 Å². The molecule has 100 valence electrons. The number of carbonyl (C=O) groups excluding carboxylic acids is 1. The molecule has 0 aliphatic heterocycles. The molecular weight excluding hydrogens is 230 g/mol. The molecule has 4 nitrogen and oxygen atoms in total. The highest BCUT2D eigenvalue weighted by atomic mass is 16.5. The zero-order chi connectivity index (χ0) is 13.4. The Hall–Kier alpha value is -1.39. The smallest absolute Gasteiger partial charge is 0.227 e. The van der Waals surface area contributed by atoms with Crippen LogP contribution in [0.1, 0.15) is 24.8 Å². The van der Waals surface area contributed by atoms with Crippen LogP contribution in [0, 0.1) is 0 Å². The van der Waals surface area contributed by atoms with Gasteiger partial charge >= 0.3 is 0 Å². The Bertz CT molecular complexity index is 353. The molecule has 0 saturated heterocycles. The van der Waals surface area contributed by atoms with E-state index < -0.39 is 0 Å². The Morgan fingerprint density at radius 1 is 1.39 bits per heavy atom. The minimum atomic E-state index is -0.347. The van der Waals surface area contributed by atoms with Crippen LogP contribution >= 0.6 is 0 Å². The van der Waals surface area contributed by atoms with Crippen molar-refractivity contribution in [2.75, 3.05) is 20.3 Å². The topological polar surface area (TPSA) is 58.6 Å². The summed E-state index contributed by atoms with van der Waals surface area (Å²) in [4.78, 5) is 12.1. The molecule has 0 bridgehead atoms. The van der Waals surface area contributed by atoms with Crippen LogP contribution in [-0.2, 0) is 9.53 Å². The molecule has 2 unspecified atom stereocenters. The fourth-order valence-electron chi connectivity index (χ4n) is 1.90. The van der Waals surface area contributed by atoms with Crippen LogP contribution < -0.4 is 5.32 Å². The molecule has 0 saturated carbocycles. The normalized spacial score (nSPS) is 13.9. The Morgan fingerprint density at radius 2 is 2.06 bits per heavy atom. The summed E-state index contributed by atoms with van der Waals surface area (Å²) < 4.78 is 4.94. The lowest BCUT2D eigenvalue weighted by atomic mass is 9.95. The number of nitrogens with one attached hydrogen (secondary N) is 1. The highest BCUT2D eigenvalue weighted by molar-refractivity contribution is 5.83. The van der Waals surface area contributed by atoms with Crippen molar-refractivity contribution in [1.29, 1.82) is 0 Å². The third kappa shape index (κ3) is 4.13. The van der Waals surface area contributed by atoms with E-state index in [0.717, 1.165) is 12.0 Å². The summed E-state index contributed by atoms with van der Waals surface area (Å²) in [6.07, 6.45) is 0.723. The molecular formula is C14H21NO3. The molecule has 4 heteroatoms. The van der Waals surface area contributed by atoms with Gasteiger partial charge in [0.1, 0.15) is 0 Å². The first-order chi connectivity index (χ1) is 8.72. The van der Waals surface area contributed by atoms with Crippen LogP contribution in [0.15, 0.2) is 30.3 Å². The van der Waals surface area contributed by atoms with Crippen LogP contribution in [0.2, 0.25) is 0 Å². The number of hydrogen-bond acceptors (Lipinski definition) is 3. The van der Waals surface area contributed by atoms with Gasteiger partial charge < -0.3 is 15.2 Å². The van der Waals surface area contributed by atoms with E-state index in [1.807, 2.05) is 37.3 Å². The van der Waals surface area contributed by atoms with Gasteiger partial charge in [0.15, 0.2) is 0 Å². The summed E-state index contributed by atoms with van der Waals surface area (Å²) in [6.45, 7) is 2.17. The molecule has 0 spiro atoms. The Balaban J connectivity index is 2.68. The molecule has 2 atom stereocenters. The lowest BCUT2D eigenvalue weighted by Gasteiger charge is -2.20. The molecule has 0 aromatic heterocycles. The molecule has 0 fully saturated rings. The number of aliphatic hydroxyl groups is 1. The predicted octanol–water partition coefficient (Wildman–Crippen LogP) is 1.30. The molecule has 18 heavy (non-hydrogen) atoms. The summed E-state index contributed by atoms with van der Waals surface area (Å²) in [5.41, 5.74) is 0.992.